The lowest BCUT2D eigenvalue weighted by Crippen LogP contribution is -2.42. The van der Waals surface area contributed by atoms with Crippen molar-refractivity contribution in [1.82, 2.24) is 5.32 Å². The van der Waals surface area contributed by atoms with Crippen LogP contribution in [0.15, 0.2) is 18.2 Å². The first-order chi connectivity index (χ1) is 14.5. The summed E-state index contributed by atoms with van der Waals surface area (Å²) in [4.78, 5) is 25.3. The van der Waals surface area contributed by atoms with E-state index in [2.05, 4.69) is 10.6 Å². The number of aliphatic hydroxyl groups is 2. The Hall–Kier alpha value is -2.12. The number of benzene rings is 1. The number of hydrogen-bond donors (Lipinski definition) is 5. The van der Waals surface area contributed by atoms with Crippen LogP contribution in [0.3, 0.4) is 0 Å². The number of nitrogens with two attached hydrogens (primary N) is 1. The Balaban J connectivity index is 1.71. The van der Waals surface area contributed by atoms with E-state index in [1.807, 2.05) is 12.1 Å². The number of primary amides is 1. The monoisotopic (exact) mass is 415 g/mol. The second-order valence-electron chi connectivity index (χ2n) is 9.19. The van der Waals surface area contributed by atoms with E-state index in [4.69, 9.17) is 5.73 Å². The topological polar surface area (TPSA) is 125 Å². The minimum absolute atomic E-state index is 0.0213. The number of rotatable bonds is 6. The molecule has 3 fully saturated rings. The predicted octanol–water partition coefficient (Wildman–Crippen LogP) is 1.81. The average molecular weight is 416 g/mol. The lowest BCUT2D eigenvalue weighted by Gasteiger charge is -2.37. The fraction of sp³-hybridized carbons (Fsp3) is 0.652. The molecule has 3 unspecified atom stereocenters. The van der Waals surface area contributed by atoms with Crippen molar-refractivity contribution in [3.63, 3.8) is 0 Å². The fourth-order valence-electron chi connectivity index (χ4n) is 5.92. The molecule has 2 aliphatic carbocycles. The zero-order chi connectivity index (χ0) is 21.3. The van der Waals surface area contributed by atoms with Crippen LogP contribution in [0, 0.1) is 5.92 Å². The van der Waals surface area contributed by atoms with Crippen LogP contribution in [0.25, 0.3) is 0 Å². The van der Waals surface area contributed by atoms with Gasteiger partial charge < -0.3 is 26.6 Å². The summed E-state index contributed by atoms with van der Waals surface area (Å²) in [5.41, 5.74) is 6.74. The third-order valence-corrected chi connectivity index (χ3v) is 7.48. The number of nitrogens with one attached hydrogen (secondary N) is 2. The van der Waals surface area contributed by atoms with Crippen molar-refractivity contribution >= 4 is 17.5 Å². The molecule has 1 aliphatic heterocycles. The molecule has 1 aromatic carbocycles. The lowest BCUT2D eigenvalue weighted by molar-refractivity contribution is -0.125. The molecule has 7 heteroatoms. The van der Waals surface area contributed by atoms with Crippen molar-refractivity contribution in [3.05, 3.63) is 29.3 Å². The summed E-state index contributed by atoms with van der Waals surface area (Å²) in [6.45, 7) is -0.0719. The molecule has 6 N–H and O–H groups in total. The largest absolute Gasteiger partial charge is 0.396 e. The Morgan fingerprint density at radius 3 is 2.60 bits per heavy atom. The van der Waals surface area contributed by atoms with E-state index in [1.165, 1.54) is 0 Å². The summed E-state index contributed by atoms with van der Waals surface area (Å²) in [5.74, 6) is -0.391. The molecule has 0 aromatic heterocycles. The number of hydrogen-bond acceptors (Lipinski definition) is 5. The van der Waals surface area contributed by atoms with E-state index < -0.39 is 11.3 Å². The first kappa shape index (κ1) is 21.1. The van der Waals surface area contributed by atoms with Gasteiger partial charge in [-0.3, -0.25) is 9.59 Å². The van der Waals surface area contributed by atoms with Crippen LogP contribution >= 0.6 is 0 Å². The van der Waals surface area contributed by atoms with E-state index in [9.17, 15) is 19.8 Å². The van der Waals surface area contributed by atoms with Crippen LogP contribution < -0.4 is 16.4 Å². The highest BCUT2D eigenvalue weighted by molar-refractivity contribution is 5.99. The molecule has 2 saturated carbocycles. The minimum atomic E-state index is -0.783. The van der Waals surface area contributed by atoms with E-state index in [0.717, 1.165) is 56.9 Å². The van der Waals surface area contributed by atoms with Crippen molar-refractivity contribution in [3.8, 4) is 0 Å². The molecule has 1 heterocycles. The van der Waals surface area contributed by atoms with Gasteiger partial charge in [-0.15, -0.1) is 0 Å². The zero-order valence-corrected chi connectivity index (χ0v) is 17.4. The number of carbonyl (C=O) groups excluding carboxylic acids is 2. The van der Waals surface area contributed by atoms with Crippen LogP contribution in [0.2, 0.25) is 0 Å². The van der Waals surface area contributed by atoms with Crippen molar-refractivity contribution < 1.29 is 19.8 Å². The Labute approximate surface area is 177 Å². The van der Waals surface area contributed by atoms with Gasteiger partial charge in [0.15, 0.2) is 0 Å². The second-order valence-corrected chi connectivity index (χ2v) is 9.19. The SMILES string of the molecule is NC(=O)c1ccc(C2(CCO)C(=O)NC3CCCCC32)cc1NC1CCC(O)CC1. The molecule has 1 saturated heterocycles. The molecule has 0 bridgehead atoms. The van der Waals surface area contributed by atoms with Crippen LogP contribution in [-0.2, 0) is 10.2 Å². The number of amides is 2. The van der Waals surface area contributed by atoms with Crippen molar-refractivity contribution in [1.29, 1.82) is 0 Å². The summed E-state index contributed by atoms with van der Waals surface area (Å²) in [6.07, 6.45) is 7.30. The highest BCUT2D eigenvalue weighted by atomic mass is 16.3. The quantitative estimate of drug-likeness (QED) is 0.485. The third-order valence-electron chi connectivity index (χ3n) is 7.48. The van der Waals surface area contributed by atoms with Crippen LogP contribution in [-0.4, -0.2) is 46.8 Å². The van der Waals surface area contributed by atoms with Gasteiger partial charge in [0, 0.05) is 24.4 Å². The van der Waals surface area contributed by atoms with Crippen molar-refractivity contribution in [2.75, 3.05) is 11.9 Å². The second kappa shape index (κ2) is 8.55. The minimum Gasteiger partial charge on any atom is -0.396 e. The summed E-state index contributed by atoms with van der Waals surface area (Å²) < 4.78 is 0. The van der Waals surface area contributed by atoms with Gasteiger partial charge in [0.1, 0.15) is 0 Å². The van der Waals surface area contributed by atoms with Crippen LogP contribution in [0.1, 0.15) is 73.7 Å². The number of aliphatic hydroxyl groups excluding tert-OH is 2. The molecule has 30 heavy (non-hydrogen) atoms. The lowest BCUT2D eigenvalue weighted by atomic mass is 9.64. The molecule has 1 aromatic rings. The summed E-state index contributed by atoms with van der Waals surface area (Å²) in [5, 5.41) is 26.3. The fourth-order valence-corrected chi connectivity index (χ4v) is 5.92. The van der Waals surface area contributed by atoms with E-state index in [0.29, 0.717) is 17.7 Å². The third kappa shape index (κ3) is 3.69. The van der Waals surface area contributed by atoms with Gasteiger partial charge >= 0.3 is 0 Å². The molecule has 0 spiro atoms. The van der Waals surface area contributed by atoms with Gasteiger partial charge in [0.05, 0.1) is 17.1 Å². The first-order valence-electron chi connectivity index (χ1n) is 11.3. The Bertz CT molecular complexity index is 806. The maximum absolute atomic E-state index is 13.2. The smallest absolute Gasteiger partial charge is 0.250 e. The first-order valence-corrected chi connectivity index (χ1v) is 11.3. The molecule has 7 nitrogen and oxygen atoms in total. The average Bonchev–Trinajstić information content (AvgIpc) is 3.02. The zero-order valence-electron chi connectivity index (χ0n) is 17.4. The standard InChI is InChI=1S/C23H33N3O4/c24-21(29)17-10-5-14(13-20(17)25-15-6-8-16(28)9-7-15)23(11-12-27)18-3-1-2-4-19(18)26-22(23)30/h5,10,13,15-16,18-19,25,27-28H,1-4,6-9,11-12H2,(H2,24,29)(H,26,30). The van der Waals surface area contributed by atoms with Gasteiger partial charge in [-0.2, -0.15) is 0 Å². The number of anilines is 1. The van der Waals surface area contributed by atoms with Crippen LogP contribution in [0.4, 0.5) is 5.69 Å². The van der Waals surface area contributed by atoms with Gasteiger partial charge in [-0.25, -0.2) is 0 Å². The summed E-state index contributed by atoms with van der Waals surface area (Å²) >= 11 is 0. The molecule has 2 amide bonds. The van der Waals surface area contributed by atoms with Crippen molar-refractivity contribution in [2.45, 2.75) is 81.4 Å². The number of carbonyl (C=O) groups is 2. The van der Waals surface area contributed by atoms with Gasteiger partial charge in [0.25, 0.3) is 5.91 Å². The Morgan fingerprint density at radius 1 is 1.17 bits per heavy atom. The Morgan fingerprint density at radius 2 is 1.90 bits per heavy atom. The normalized spacial score (nSPS) is 33.6. The molecular formula is C23H33N3O4. The molecule has 4 rings (SSSR count). The van der Waals surface area contributed by atoms with Gasteiger partial charge in [0.2, 0.25) is 5.91 Å². The predicted molar refractivity (Wildman–Crippen MR) is 114 cm³/mol. The highest BCUT2D eigenvalue weighted by Crippen LogP contribution is 2.48. The maximum Gasteiger partial charge on any atom is 0.250 e. The van der Waals surface area contributed by atoms with Gasteiger partial charge in [-0.1, -0.05) is 18.9 Å². The summed E-state index contributed by atoms with van der Waals surface area (Å²) in [7, 11) is 0. The van der Waals surface area contributed by atoms with Gasteiger partial charge in [-0.05, 0) is 68.6 Å². The number of fused-ring (bicyclic) bond motifs is 1. The van der Waals surface area contributed by atoms with Crippen molar-refractivity contribution in [2.24, 2.45) is 11.7 Å². The van der Waals surface area contributed by atoms with E-state index in [-0.39, 0.29) is 36.6 Å². The van der Waals surface area contributed by atoms with E-state index >= 15 is 0 Å². The molecule has 164 valence electrons. The molecule has 3 atom stereocenters. The highest BCUT2D eigenvalue weighted by Gasteiger charge is 2.55. The molecular weight excluding hydrogens is 382 g/mol. The Kier molecular flexibility index (Phi) is 6.02. The van der Waals surface area contributed by atoms with E-state index in [1.54, 1.807) is 6.07 Å². The molecule has 0 radical (unpaired) electrons. The summed E-state index contributed by atoms with van der Waals surface area (Å²) in [6, 6.07) is 5.74. The molecule has 3 aliphatic rings. The van der Waals surface area contributed by atoms with Crippen LogP contribution in [0.5, 0.6) is 0 Å². The maximum atomic E-state index is 13.2.